The fourth-order valence-electron chi connectivity index (χ4n) is 2.51. The third kappa shape index (κ3) is 2.52. The molecule has 2 aromatic carbocycles. The smallest absolute Gasteiger partial charge is 0.225 e. The fourth-order valence-corrected chi connectivity index (χ4v) is 2.51. The summed E-state index contributed by atoms with van der Waals surface area (Å²) >= 11 is 0. The van der Waals surface area contributed by atoms with Crippen LogP contribution in [-0.4, -0.2) is 12.5 Å². The first kappa shape index (κ1) is 12.7. The van der Waals surface area contributed by atoms with Crippen molar-refractivity contribution in [2.75, 3.05) is 6.61 Å². The minimum atomic E-state index is -0.0391. The largest absolute Gasteiger partial charge is 0.491 e. The van der Waals surface area contributed by atoms with E-state index in [2.05, 4.69) is 5.32 Å². The van der Waals surface area contributed by atoms with Crippen molar-refractivity contribution < 1.29 is 9.53 Å². The van der Waals surface area contributed by atoms with Crippen molar-refractivity contribution in [2.45, 2.75) is 19.4 Å². The number of nitrogens with one attached hydrogen (secondary N) is 1. The molecule has 2 aromatic rings. The van der Waals surface area contributed by atoms with E-state index in [9.17, 15) is 4.79 Å². The van der Waals surface area contributed by atoms with E-state index in [1.807, 2.05) is 55.5 Å². The van der Waals surface area contributed by atoms with E-state index in [1.54, 1.807) is 0 Å². The lowest BCUT2D eigenvalue weighted by Gasteiger charge is -2.12. The Balaban J connectivity index is 1.68. The van der Waals surface area contributed by atoms with Crippen molar-refractivity contribution in [1.29, 1.82) is 0 Å². The fraction of sp³-hybridized carbons (Fsp3) is 0.235. The standard InChI is InChI=1S/C17H17NO2/c1-12-6-2-3-7-13(12)10-17(19)18-15-11-20-16-9-5-4-8-14(15)16/h2-9,15H,10-11H2,1H3,(H,18,19). The highest BCUT2D eigenvalue weighted by Crippen LogP contribution is 2.31. The van der Waals surface area contributed by atoms with Crippen molar-refractivity contribution in [1.82, 2.24) is 5.32 Å². The van der Waals surface area contributed by atoms with Gasteiger partial charge in [0.2, 0.25) is 5.91 Å². The average molecular weight is 267 g/mol. The Bertz CT molecular complexity index is 636. The zero-order valence-corrected chi connectivity index (χ0v) is 11.4. The normalized spacial score (nSPS) is 16.4. The number of carbonyl (C=O) groups excluding carboxylic acids is 1. The van der Waals surface area contributed by atoms with Gasteiger partial charge in [0.15, 0.2) is 0 Å². The minimum absolute atomic E-state index is 0.0320. The van der Waals surface area contributed by atoms with Gasteiger partial charge in [-0.2, -0.15) is 0 Å². The van der Waals surface area contributed by atoms with Gasteiger partial charge in [-0.25, -0.2) is 0 Å². The Morgan fingerprint density at radius 1 is 1.20 bits per heavy atom. The topological polar surface area (TPSA) is 38.3 Å². The zero-order valence-electron chi connectivity index (χ0n) is 11.4. The molecule has 3 nitrogen and oxygen atoms in total. The summed E-state index contributed by atoms with van der Waals surface area (Å²) in [7, 11) is 0. The quantitative estimate of drug-likeness (QED) is 0.928. The Morgan fingerprint density at radius 3 is 2.80 bits per heavy atom. The van der Waals surface area contributed by atoms with E-state index >= 15 is 0 Å². The van der Waals surface area contributed by atoms with E-state index in [0.717, 1.165) is 22.4 Å². The highest BCUT2D eigenvalue weighted by atomic mass is 16.5. The van der Waals surface area contributed by atoms with Gasteiger partial charge in [0.1, 0.15) is 12.4 Å². The molecule has 0 aromatic heterocycles. The number of carbonyl (C=O) groups is 1. The molecule has 102 valence electrons. The van der Waals surface area contributed by atoms with Crippen molar-refractivity contribution in [2.24, 2.45) is 0 Å². The lowest BCUT2D eigenvalue weighted by molar-refractivity contribution is -0.121. The number of hydrogen-bond donors (Lipinski definition) is 1. The molecule has 0 radical (unpaired) electrons. The summed E-state index contributed by atoms with van der Waals surface area (Å²) in [5, 5.41) is 3.05. The first-order valence-corrected chi connectivity index (χ1v) is 6.79. The number of para-hydroxylation sites is 1. The van der Waals surface area contributed by atoms with Gasteiger partial charge in [0.05, 0.1) is 12.5 Å². The van der Waals surface area contributed by atoms with Gasteiger partial charge in [-0.15, -0.1) is 0 Å². The SMILES string of the molecule is Cc1ccccc1CC(=O)NC1COc2ccccc21. The second-order valence-corrected chi connectivity index (χ2v) is 5.07. The van der Waals surface area contributed by atoms with E-state index < -0.39 is 0 Å². The van der Waals surface area contributed by atoms with Gasteiger partial charge >= 0.3 is 0 Å². The van der Waals surface area contributed by atoms with Crippen molar-refractivity contribution in [3.05, 3.63) is 65.2 Å². The monoisotopic (exact) mass is 267 g/mol. The number of ether oxygens (including phenoxy) is 1. The summed E-state index contributed by atoms with van der Waals surface area (Å²) in [4.78, 5) is 12.2. The summed E-state index contributed by atoms with van der Waals surface area (Å²) < 4.78 is 5.57. The minimum Gasteiger partial charge on any atom is -0.491 e. The number of fused-ring (bicyclic) bond motifs is 1. The summed E-state index contributed by atoms with van der Waals surface area (Å²) in [6.07, 6.45) is 0.408. The Kier molecular flexibility index (Phi) is 3.42. The van der Waals surface area contributed by atoms with Crippen LogP contribution in [0.3, 0.4) is 0 Å². The lowest BCUT2D eigenvalue weighted by Crippen LogP contribution is -2.30. The van der Waals surface area contributed by atoms with Crippen LogP contribution in [0.4, 0.5) is 0 Å². The average Bonchev–Trinajstić information content (AvgIpc) is 2.85. The number of amides is 1. The van der Waals surface area contributed by atoms with Crippen LogP contribution in [0.1, 0.15) is 22.7 Å². The third-order valence-electron chi connectivity index (χ3n) is 3.65. The maximum absolute atomic E-state index is 12.2. The summed E-state index contributed by atoms with van der Waals surface area (Å²) in [6.45, 7) is 2.54. The van der Waals surface area contributed by atoms with Crippen LogP contribution in [0, 0.1) is 6.92 Å². The van der Waals surface area contributed by atoms with Crippen molar-refractivity contribution in [3.63, 3.8) is 0 Å². The molecular formula is C17H17NO2. The molecule has 1 heterocycles. The second-order valence-electron chi connectivity index (χ2n) is 5.07. The van der Waals surface area contributed by atoms with Crippen LogP contribution in [-0.2, 0) is 11.2 Å². The van der Waals surface area contributed by atoms with Crippen molar-refractivity contribution >= 4 is 5.91 Å². The molecule has 3 heteroatoms. The first-order valence-electron chi connectivity index (χ1n) is 6.79. The highest BCUT2D eigenvalue weighted by Gasteiger charge is 2.24. The van der Waals surface area contributed by atoms with E-state index in [0.29, 0.717) is 13.0 Å². The highest BCUT2D eigenvalue weighted by molar-refractivity contribution is 5.79. The molecule has 3 rings (SSSR count). The van der Waals surface area contributed by atoms with E-state index in [1.165, 1.54) is 0 Å². The summed E-state index contributed by atoms with van der Waals surface area (Å²) in [5.41, 5.74) is 3.27. The van der Waals surface area contributed by atoms with Crippen LogP contribution >= 0.6 is 0 Å². The molecule has 0 aliphatic carbocycles. The van der Waals surface area contributed by atoms with Crippen LogP contribution in [0.15, 0.2) is 48.5 Å². The number of hydrogen-bond acceptors (Lipinski definition) is 2. The Hall–Kier alpha value is -2.29. The molecular weight excluding hydrogens is 250 g/mol. The van der Waals surface area contributed by atoms with Gasteiger partial charge in [-0.3, -0.25) is 4.79 Å². The van der Waals surface area contributed by atoms with Crippen LogP contribution in [0.25, 0.3) is 0 Å². The van der Waals surface area contributed by atoms with Gasteiger partial charge in [0.25, 0.3) is 0 Å². The lowest BCUT2D eigenvalue weighted by atomic mass is 10.0. The van der Waals surface area contributed by atoms with Crippen LogP contribution in [0.2, 0.25) is 0 Å². The molecule has 1 N–H and O–H groups in total. The molecule has 0 saturated heterocycles. The Morgan fingerprint density at radius 2 is 1.95 bits per heavy atom. The molecule has 0 fully saturated rings. The molecule has 0 bridgehead atoms. The predicted molar refractivity (Wildman–Crippen MR) is 77.7 cm³/mol. The van der Waals surface area contributed by atoms with Gasteiger partial charge in [-0.1, -0.05) is 42.5 Å². The molecule has 0 saturated carbocycles. The maximum atomic E-state index is 12.2. The molecule has 1 amide bonds. The molecule has 1 atom stereocenters. The molecule has 1 unspecified atom stereocenters. The molecule has 1 aliphatic rings. The predicted octanol–water partition coefficient (Wildman–Crippen LogP) is 2.79. The molecule has 20 heavy (non-hydrogen) atoms. The molecule has 1 aliphatic heterocycles. The van der Waals surface area contributed by atoms with Crippen molar-refractivity contribution in [3.8, 4) is 5.75 Å². The van der Waals surface area contributed by atoms with Gasteiger partial charge in [0, 0.05) is 5.56 Å². The number of benzene rings is 2. The zero-order chi connectivity index (χ0) is 13.9. The van der Waals surface area contributed by atoms with E-state index in [4.69, 9.17) is 4.74 Å². The third-order valence-corrected chi connectivity index (χ3v) is 3.65. The Labute approximate surface area is 118 Å². The van der Waals surface area contributed by atoms with E-state index in [-0.39, 0.29) is 11.9 Å². The first-order chi connectivity index (χ1) is 9.74. The second kappa shape index (κ2) is 5.37. The van der Waals surface area contributed by atoms with Gasteiger partial charge in [-0.05, 0) is 24.1 Å². The summed E-state index contributed by atoms with van der Waals surface area (Å²) in [6, 6.07) is 15.8. The summed E-state index contributed by atoms with van der Waals surface area (Å²) in [5.74, 6) is 0.901. The number of rotatable bonds is 3. The van der Waals surface area contributed by atoms with Crippen LogP contribution < -0.4 is 10.1 Å². The molecule has 0 spiro atoms. The van der Waals surface area contributed by atoms with Crippen LogP contribution in [0.5, 0.6) is 5.75 Å². The number of aryl methyl sites for hydroxylation is 1. The maximum Gasteiger partial charge on any atom is 0.225 e. The van der Waals surface area contributed by atoms with Gasteiger partial charge < -0.3 is 10.1 Å².